The first-order valence-corrected chi connectivity index (χ1v) is 6.81. The zero-order chi connectivity index (χ0) is 12.6. The minimum absolute atomic E-state index is 0.146. The Hall–Kier alpha value is -0.500. The molecule has 2 heteroatoms. The summed E-state index contributed by atoms with van der Waals surface area (Å²) in [5, 5.41) is 3.35. The van der Waals surface area contributed by atoms with E-state index in [1.54, 1.807) is 11.3 Å². The van der Waals surface area contributed by atoms with Crippen LogP contribution in [0.2, 0.25) is 0 Å². The van der Waals surface area contributed by atoms with Gasteiger partial charge in [-0.1, -0.05) is 41.5 Å². The Morgan fingerprint density at radius 2 is 1.62 bits per heavy atom. The molecule has 0 aliphatic heterocycles. The van der Waals surface area contributed by atoms with Crippen molar-refractivity contribution < 1.29 is 4.74 Å². The molecule has 0 saturated heterocycles. The molecular formula is C14H24OS. The number of hydrogen-bond donors (Lipinski definition) is 0. The van der Waals surface area contributed by atoms with Crippen molar-refractivity contribution >= 4 is 11.3 Å². The molecule has 1 heterocycles. The minimum Gasteiger partial charge on any atom is -0.484 e. The smallest absolute Gasteiger partial charge is 0.177 e. The number of rotatable bonds is 2. The fraction of sp³-hybridized carbons (Fsp3) is 0.714. The lowest BCUT2D eigenvalue weighted by Gasteiger charge is -2.27. The van der Waals surface area contributed by atoms with Gasteiger partial charge < -0.3 is 4.74 Å². The second-order valence-corrected chi connectivity index (χ2v) is 7.09. The summed E-state index contributed by atoms with van der Waals surface area (Å²) in [5.74, 6) is 0. The first kappa shape index (κ1) is 13.6. The van der Waals surface area contributed by atoms with Gasteiger partial charge >= 0.3 is 0 Å². The van der Waals surface area contributed by atoms with Crippen molar-refractivity contribution in [2.24, 2.45) is 0 Å². The summed E-state index contributed by atoms with van der Waals surface area (Å²) in [6, 6.07) is 0. The van der Waals surface area contributed by atoms with Crippen LogP contribution in [0.3, 0.4) is 0 Å². The minimum atomic E-state index is 0.146. The van der Waals surface area contributed by atoms with E-state index in [0.29, 0.717) is 0 Å². The second kappa shape index (κ2) is 4.40. The predicted octanol–water partition coefficient (Wildman–Crippen LogP) is 4.74. The highest BCUT2D eigenvalue weighted by atomic mass is 32.1. The molecule has 0 aromatic carbocycles. The quantitative estimate of drug-likeness (QED) is 0.725. The van der Waals surface area contributed by atoms with Crippen LogP contribution in [0.15, 0.2) is 5.38 Å². The van der Waals surface area contributed by atoms with E-state index in [0.717, 1.165) is 11.7 Å². The average molecular weight is 240 g/mol. The number of ether oxygens (including phenoxy) is 1. The fourth-order valence-electron chi connectivity index (χ4n) is 1.84. The normalized spacial score (nSPS) is 12.9. The van der Waals surface area contributed by atoms with Crippen molar-refractivity contribution in [3.05, 3.63) is 16.5 Å². The van der Waals surface area contributed by atoms with Gasteiger partial charge in [-0.25, -0.2) is 0 Å². The molecule has 1 aromatic rings. The molecule has 1 rings (SSSR count). The van der Waals surface area contributed by atoms with E-state index >= 15 is 0 Å². The Balaban J connectivity index is 3.31. The molecule has 0 radical (unpaired) electrons. The molecule has 0 saturated carbocycles. The largest absolute Gasteiger partial charge is 0.484 e. The molecular weight excluding hydrogens is 216 g/mol. The highest BCUT2D eigenvalue weighted by Crippen LogP contribution is 2.44. The Morgan fingerprint density at radius 1 is 1.06 bits per heavy atom. The van der Waals surface area contributed by atoms with Gasteiger partial charge in [0, 0.05) is 5.56 Å². The van der Waals surface area contributed by atoms with Gasteiger partial charge in [0.05, 0.1) is 6.61 Å². The van der Waals surface area contributed by atoms with Crippen LogP contribution in [0.4, 0.5) is 0 Å². The van der Waals surface area contributed by atoms with Gasteiger partial charge in [-0.15, -0.1) is 11.3 Å². The van der Waals surface area contributed by atoms with Crippen molar-refractivity contribution in [1.82, 2.24) is 0 Å². The van der Waals surface area contributed by atoms with Gasteiger partial charge in [0.25, 0.3) is 0 Å². The van der Waals surface area contributed by atoms with Crippen molar-refractivity contribution in [1.29, 1.82) is 0 Å². The van der Waals surface area contributed by atoms with Crippen LogP contribution in [0.5, 0.6) is 5.06 Å². The maximum Gasteiger partial charge on any atom is 0.177 e. The van der Waals surface area contributed by atoms with E-state index in [9.17, 15) is 0 Å². The molecule has 1 aromatic heterocycles. The summed E-state index contributed by atoms with van der Waals surface area (Å²) in [5.41, 5.74) is 3.14. The Bertz CT molecular complexity index is 350. The number of hydrogen-bond acceptors (Lipinski definition) is 2. The molecule has 0 unspecified atom stereocenters. The predicted molar refractivity (Wildman–Crippen MR) is 72.9 cm³/mol. The van der Waals surface area contributed by atoms with E-state index in [2.05, 4.69) is 46.9 Å². The van der Waals surface area contributed by atoms with Crippen LogP contribution >= 0.6 is 11.3 Å². The molecule has 0 amide bonds. The topological polar surface area (TPSA) is 9.23 Å². The van der Waals surface area contributed by atoms with Crippen LogP contribution < -0.4 is 4.74 Å². The van der Waals surface area contributed by atoms with Crippen molar-refractivity contribution in [3.63, 3.8) is 0 Å². The van der Waals surface area contributed by atoms with Gasteiger partial charge in [0.2, 0.25) is 0 Å². The van der Waals surface area contributed by atoms with Gasteiger partial charge in [-0.05, 0) is 28.7 Å². The Kier molecular flexibility index (Phi) is 3.73. The molecule has 0 bridgehead atoms. The zero-order valence-electron chi connectivity index (χ0n) is 11.6. The highest BCUT2D eigenvalue weighted by Gasteiger charge is 2.30. The van der Waals surface area contributed by atoms with E-state index in [-0.39, 0.29) is 10.8 Å². The Morgan fingerprint density at radius 3 is 2.00 bits per heavy atom. The summed E-state index contributed by atoms with van der Waals surface area (Å²) in [6.07, 6.45) is 0. The summed E-state index contributed by atoms with van der Waals surface area (Å²) in [4.78, 5) is 0. The standard InChI is InChI=1S/C14H24OS/c1-8-15-12-11(14(5,6)7)10(9-16-12)13(2,3)4/h9H,8H2,1-7H3. The van der Waals surface area contributed by atoms with E-state index in [1.807, 2.05) is 6.92 Å². The van der Waals surface area contributed by atoms with E-state index in [4.69, 9.17) is 4.74 Å². The van der Waals surface area contributed by atoms with Crippen molar-refractivity contribution in [3.8, 4) is 5.06 Å². The maximum absolute atomic E-state index is 5.76. The molecule has 0 atom stereocenters. The zero-order valence-corrected chi connectivity index (χ0v) is 12.4. The number of thiophene rings is 1. The van der Waals surface area contributed by atoms with Gasteiger partial charge in [-0.3, -0.25) is 0 Å². The lowest BCUT2D eigenvalue weighted by molar-refractivity contribution is 0.338. The molecule has 1 nitrogen and oxygen atoms in total. The van der Waals surface area contributed by atoms with Crippen LogP contribution in [0.1, 0.15) is 59.6 Å². The van der Waals surface area contributed by atoms with Gasteiger partial charge in [0.15, 0.2) is 5.06 Å². The van der Waals surface area contributed by atoms with Crippen LogP contribution in [-0.4, -0.2) is 6.61 Å². The molecule has 0 aliphatic carbocycles. The van der Waals surface area contributed by atoms with Crippen LogP contribution in [0, 0.1) is 0 Å². The molecule has 0 aliphatic rings. The summed E-state index contributed by atoms with van der Waals surface area (Å²) < 4.78 is 5.76. The molecule has 0 N–H and O–H groups in total. The first-order chi connectivity index (χ1) is 7.18. The average Bonchev–Trinajstić information content (AvgIpc) is 2.46. The van der Waals surface area contributed by atoms with E-state index < -0.39 is 0 Å². The lowest BCUT2D eigenvalue weighted by Crippen LogP contribution is -2.20. The van der Waals surface area contributed by atoms with Crippen LogP contribution in [0.25, 0.3) is 0 Å². The first-order valence-electron chi connectivity index (χ1n) is 5.93. The van der Waals surface area contributed by atoms with Crippen molar-refractivity contribution in [2.45, 2.75) is 59.3 Å². The molecule has 0 spiro atoms. The highest BCUT2D eigenvalue weighted by molar-refractivity contribution is 7.12. The maximum atomic E-state index is 5.76. The molecule has 16 heavy (non-hydrogen) atoms. The third-order valence-corrected chi connectivity index (χ3v) is 3.48. The lowest BCUT2D eigenvalue weighted by atomic mass is 9.77. The van der Waals surface area contributed by atoms with Crippen molar-refractivity contribution in [2.75, 3.05) is 6.61 Å². The van der Waals surface area contributed by atoms with Crippen LogP contribution in [-0.2, 0) is 10.8 Å². The molecule has 92 valence electrons. The van der Waals surface area contributed by atoms with E-state index in [1.165, 1.54) is 11.1 Å². The summed E-state index contributed by atoms with van der Waals surface area (Å²) in [6.45, 7) is 16.3. The Labute approximate surface area is 104 Å². The third-order valence-electron chi connectivity index (χ3n) is 2.59. The van der Waals surface area contributed by atoms with Gasteiger partial charge in [-0.2, -0.15) is 0 Å². The monoisotopic (exact) mass is 240 g/mol. The second-order valence-electron chi connectivity index (χ2n) is 6.24. The van der Waals surface area contributed by atoms with Gasteiger partial charge in [0.1, 0.15) is 0 Å². The summed E-state index contributed by atoms with van der Waals surface area (Å²) >= 11 is 1.73. The third kappa shape index (κ3) is 2.79. The fourth-order valence-corrected chi connectivity index (χ4v) is 3.26. The summed E-state index contributed by atoms with van der Waals surface area (Å²) in [7, 11) is 0. The molecule has 0 fully saturated rings. The SMILES string of the molecule is CCOc1scc(C(C)(C)C)c1C(C)(C)C.